The Balaban J connectivity index is 1.41. The molecule has 4 rings (SSSR count). The maximum Gasteiger partial charge on any atom is 0.260 e. The van der Waals surface area contributed by atoms with Crippen molar-refractivity contribution < 1.29 is 18.7 Å². The Kier molecular flexibility index (Phi) is 5.36. The molecule has 2 aliphatic rings. The third kappa shape index (κ3) is 4.03. The summed E-state index contributed by atoms with van der Waals surface area (Å²) in [4.78, 5) is 25.4. The van der Waals surface area contributed by atoms with Crippen LogP contribution in [0.1, 0.15) is 24.1 Å². The molecule has 29 heavy (non-hydrogen) atoms. The smallest absolute Gasteiger partial charge is 0.260 e. The van der Waals surface area contributed by atoms with E-state index in [1.165, 1.54) is 24.3 Å². The minimum absolute atomic E-state index is 0.0664. The van der Waals surface area contributed by atoms with Crippen LogP contribution >= 0.6 is 0 Å². The van der Waals surface area contributed by atoms with E-state index in [-0.39, 0.29) is 18.3 Å². The molecule has 154 valence electrons. The Hall–Kier alpha value is -2.74. The number of hydrogen-bond acceptors (Lipinski definition) is 6. The molecule has 1 fully saturated rings. The number of carbonyl (C=O) groups excluding carboxylic acids is 1. The van der Waals surface area contributed by atoms with E-state index in [9.17, 15) is 9.18 Å². The SMILES string of the molecule is CN(C)c1ncc2c(n1)C1(CCN(C(=O)COc3ccc(F)cc3)CC1)OCC2. The highest BCUT2D eigenvalue weighted by molar-refractivity contribution is 5.78. The molecule has 3 heterocycles. The number of amides is 1. The Labute approximate surface area is 169 Å². The summed E-state index contributed by atoms with van der Waals surface area (Å²) in [6.07, 6.45) is 4.08. The standard InChI is InChI=1S/C21H25FN4O3/c1-25(2)20-23-13-15-7-12-29-21(19(15)24-20)8-10-26(11-9-21)18(27)14-28-17-5-3-16(22)4-6-17/h3-6,13H,7-12,14H2,1-2H3. The molecule has 0 saturated carbocycles. The third-order valence-corrected chi connectivity index (χ3v) is 5.53. The van der Waals surface area contributed by atoms with Crippen molar-refractivity contribution in [2.75, 3.05) is 45.3 Å². The predicted octanol–water partition coefficient (Wildman–Crippen LogP) is 2.15. The normalized spacial score (nSPS) is 17.7. The molecule has 2 aromatic rings. The lowest BCUT2D eigenvalue weighted by molar-refractivity contribution is -0.143. The second-order valence-corrected chi connectivity index (χ2v) is 7.65. The average molecular weight is 400 g/mol. The summed E-state index contributed by atoms with van der Waals surface area (Å²) in [6.45, 7) is 1.72. The number of aromatic nitrogens is 2. The monoisotopic (exact) mass is 400 g/mol. The van der Waals surface area contributed by atoms with Gasteiger partial charge in [-0.3, -0.25) is 4.79 Å². The van der Waals surface area contributed by atoms with Crippen LogP contribution in [0.4, 0.5) is 10.3 Å². The summed E-state index contributed by atoms with van der Waals surface area (Å²) in [6, 6.07) is 5.66. The minimum Gasteiger partial charge on any atom is -0.484 e. The van der Waals surface area contributed by atoms with Crippen LogP contribution in [-0.4, -0.2) is 61.2 Å². The fourth-order valence-electron chi connectivity index (χ4n) is 3.88. The molecule has 0 aliphatic carbocycles. The highest BCUT2D eigenvalue weighted by atomic mass is 19.1. The first kappa shape index (κ1) is 19.6. The van der Waals surface area contributed by atoms with Gasteiger partial charge in [0.15, 0.2) is 6.61 Å². The number of anilines is 1. The van der Waals surface area contributed by atoms with Crippen LogP contribution in [-0.2, 0) is 21.6 Å². The van der Waals surface area contributed by atoms with Crippen LogP contribution in [0.25, 0.3) is 0 Å². The third-order valence-electron chi connectivity index (χ3n) is 5.53. The first-order valence-corrected chi connectivity index (χ1v) is 9.81. The van der Waals surface area contributed by atoms with Gasteiger partial charge < -0.3 is 19.3 Å². The minimum atomic E-state index is -0.462. The molecule has 0 radical (unpaired) electrons. The van der Waals surface area contributed by atoms with Crippen LogP contribution in [0, 0.1) is 5.82 Å². The second kappa shape index (κ2) is 7.94. The summed E-state index contributed by atoms with van der Waals surface area (Å²) in [7, 11) is 3.83. The number of fused-ring (bicyclic) bond motifs is 2. The highest BCUT2D eigenvalue weighted by Gasteiger charge is 2.43. The molecule has 2 aliphatic heterocycles. The second-order valence-electron chi connectivity index (χ2n) is 7.65. The first-order valence-electron chi connectivity index (χ1n) is 9.81. The summed E-state index contributed by atoms with van der Waals surface area (Å²) >= 11 is 0. The Bertz CT molecular complexity index is 880. The van der Waals surface area contributed by atoms with Gasteiger partial charge >= 0.3 is 0 Å². The molecule has 7 nitrogen and oxygen atoms in total. The van der Waals surface area contributed by atoms with Crippen LogP contribution in [0.2, 0.25) is 0 Å². The molecule has 0 bridgehead atoms. The lowest BCUT2D eigenvalue weighted by Gasteiger charge is -2.44. The number of hydrogen-bond donors (Lipinski definition) is 0. The number of piperidine rings is 1. The topological polar surface area (TPSA) is 67.8 Å². The summed E-state index contributed by atoms with van der Waals surface area (Å²) in [5.74, 6) is 0.724. The number of benzene rings is 1. The van der Waals surface area contributed by atoms with E-state index < -0.39 is 5.60 Å². The Morgan fingerprint density at radius 1 is 1.28 bits per heavy atom. The maximum atomic E-state index is 13.0. The van der Waals surface area contributed by atoms with E-state index in [2.05, 4.69) is 4.98 Å². The zero-order valence-corrected chi connectivity index (χ0v) is 16.7. The van der Waals surface area contributed by atoms with Crippen molar-refractivity contribution >= 4 is 11.9 Å². The van der Waals surface area contributed by atoms with Crippen molar-refractivity contribution in [3.05, 3.63) is 47.5 Å². The van der Waals surface area contributed by atoms with Gasteiger partial charge in [0, 0.05) is 33.4 Å². The summed E-state index contributed by atoms with van der Waals surface area (Å²) < 4.78 is 24.7. The molecule has 0 unspecified atom stereocenters. The maximum absolute atomic E-state index is 13.0. The predicted molar refractivity (Wildman–Crippen MR) is 105 cm³/mol. The van der Waals surface area contributed by atoms with Crippen LogP contribution in [0.5, 0.6) is 5.75 Å². The van der Waals surface area contributed by atoms with Crippen molar-refractivity contribution in [3.63, 3.8) is 0 Å². The van der Waals surface area contributed by atoms with Gasteiger partial charge in [0.25, 0.3) is 5.91 Å². The summed E-state index contributed by atoms with van der Waals surface area (Å²) in [5.41, 5.74) is 1.62. The fourth-order valence-corrected chi connectivity index (χ4v) is 3.88. The van der Waals surface area contributed by atoms with Crippen molar-refractivity contribution in [1.82, 2.24) is 14.9 Å². The van der Waals surface area contributed by atoms with Gasteiger partial charge in [0.1, 0.15) is 17.2 Å². The average Bonchev–Trinajstić information content (AvgIpc) is 2.74. The number of carbonyl (C=O) groups is 1. The van der Waals surface area contributed by atoms with E-state index >= 15 is 0 Å². The molecule has 1 aromatic carbocycles. The molecule has 0 N–H and O–H groups in total. The van der Waals surface area contributed by atoms with Gasteiger partial charge in [-0.25, -0.2) is 14.4 Å². The van der Waals surface area contributed by atoms with Gasteiger partial charge in [0.05, 0.1) is 12.3 Å². The molecule has 1 spiro atoms. The van der Waals surface area contributed by atoms with Crippen LogP contribution in [0.15, 0.2) is 30.5 Å². The van der Waals surface area contributed by atoms with Gasteiger partial charge in [-0.2, -0.15) is 0 Å². The highest BCUT2D eigenvalue weighted by Crippen LogP contribution is 2.40. The van der Waals surface area contributed by atoms with Crippen molar-refractivity contribution in [2.45, 2.75) is 24.9 Å². The number of nitrogens with zero attached hydrogens (tertiary/aromatic N) is 4. The molecule has 1 saturated heterocycles. The van der Waals surface area contributed by atoms with E-state index in [4.69, 9.17) is 14.5 Å². The zero-order chi connectivity index (χ0) is 20.4. The number of ether oxygens (including phenoxy) is 2. The number of halogens is 1. The van der Waals surface area contributed by atoms with E-state index in [0.29, 0.717) is 44.2 Å². The van der Waals surface area contributed by atoms with E-state index in [0.717, 1.165) is 17.7 Å². The van der Waals surface area contributed by atoms with Crippen LogP contribution in [0.3, 0.4) is 0 Å². The molecule has 0 atom stereocenters. The number of likely N-dealkylation sites (tertiary alicyclic amines) is 1. The lowest BCUT2D eigenvalue weighted by atomic mass is 9.83. The first-order chi connectivity index (χ1) is 14.0. The van der Waals surface area contributed by atoms with Crippen molar-refractivity contribution in [3.8, 4) is 5.75 Å². The quantitative estimate of drug-likeness (QED) is 0.784. The van der Waals surface area contributed by atoms with Gasteiger partial charge in [0.2, 0.25) is 5.95 Å². The summed E-state index contributed by atoms with van der Waals surface area (Å²) in [5, 5.41) is 0. The molecular formula is C21H25FN4O3. The van der Waals surface area contributed by atoms with Gasteiger partial charge in [-0.1, -0.05) is 0 Å². The fraction of sp³-hybridized carbons (Fsp3) is 0.476. The molecule has 1 amide bonds. The van der Waals surface area contributed by atoms with Crippen molar-refractivity contribution in [2.24, 2.45) is 0 Å². The van der Waals surface area contributed by atoms with Crippen molar-refractivity contribution in [1.29, 1.82) is 0 Å². The van der Waals surface area contributed by atoms with Gasteiger partial charge in [-0.15, -0.1) is 0 Å². The Morgan fingerprint density at radius 3 is 2.69 bits per heavy atom. The van der Waals surface area contributed by atoms with Crippen LogP contribution < -0.4 is 9.64 Å². The largest absolute Gasteiger partial charge is 0.484 e. The molecule has 1 aromatic heterocycles. The Morgan fingerprint density at radius 2 is 2.00 bits per heavy atom. The van der Waals surface area contributed by atoms with E-state index in [1.54, 1.807) is 4.90 Å². The zero-order valence-electron chi connectivity index (χ0n) is 16.7. The van der Waals surface area contributed by atoms with Gasteiger partial charge in [-0.05, 0) is 49.1 Å². The number of rotatable bonds is 4. The molecule has 8 heteroatoms. The lowest BCUT2D eigenvalue weighted by Crippen LogP contribution is -2.50. The van der Waals surface area contributed by atoms with E-state index in [1.807, 2.05) is 25.2 Å². The molecular weight excluding hydrogens is 375 g/mol.